The molecule has 128 valence electrons. The highest BCUT2D eigenvalue weighted by Gasteiger charge is 2.20. The van der Waals surface area contributed by atoms with Crippen LogP contribution in [0.3, 0.4) is 0 Å². The fourth-order valence-corrected chi connectivity index (χ4v) is 3.05. The molecule has 3 rings (SSSR count). The first-order chi connectivity index (χ1) is 11.6. The van der Waals surface area contributed by atoms with Crippen molar-refractivity contribution in [2.24, 2.45) is 0 Å². The summed E-state index contributed by atoms with van der Waals surface area (Å²) < 4.78 is 5.37. The summed E-state index contributed by atoms with van der Waals surface area (Å²) in [4.78, 5) is 16.7. The molecule has 5 nitrogen and oxygen atoms in total. The molecular weight excluding hydrogens is 349 g/mol. The average Bonchev–Trinajstić information content (AvgIpc) is 3.06. The Morgan fingerprint density at radius 2 is 1.88 bits per heavy atom. The number of benzene rings is 1. The van der Waals surface area contributed by atoms with Gasteiger partial charge in [0.15, 0.2) is 0 Å². The molecule has 2 aromatic rings. The van der Waals surface area contributed by atoms with Gasteiger partial charge < -0.3 is 9.73 Å². The minimum Gasteiger partial charge on any atom is -0.468 e. The fraction of sp³-hybridized carbons (Fsp3) is 0.353. The normalized spacial score (nSPS) is 16.2. The van der Waals surface area contributed by atoms with Crippen LogP contribution in [0, 0.1) is 0 Å². The summed E-state index contributed by atoms with van der Waals surface area (Å²) in [6.45, 7) is 4.66. The topological polar surface area (TPSA) is 48.7 Å². The molecule has 0 atom stereocenters. The van der Waals surface area contributed by atoms with Gasteiger partial charge in [-0.15, -0.1) is 0 Å². The van der Waals surface area contributed by atoms with Crippen LogP contribution >= 0.6 is 23.2 Å². The number of piperazine rings is 1. The van der Waals surface area contributed by atoms with Crippen LogP contribution in [0.1, 0.15) is 5.76 Å². The number of hydrogen-bond acceptors (Lipinski definition) is 4. The average molecular weight is 368 g/mol. The molecule has 0 spiro atoms. The van der Waals surface area contributed by atoms with E-state index in [2.05, 4.69) is 15.1 Å². The van der Waals surface area contributed by atoms with Crippen LogP contribution in [-0.2, 0) is 11.3 Å². The van der Waals surface area contributed by atoms with Gasteiger partial charge in [-0.2, -0.15) is 0 Å². The van der Waals surface area contributed by atoms with Gasteiger partial charge >= 0.3 is 0 Å². The van der Waals surface area contributed by atoms with Crippen LogP contribution in [0.2, 0.25) is 10.0 Å². The van der Waals surface area contributed by atoms with Crippen molar-refractivity contribution in [2.75, 3.05) is 38.0 Å². The van der Waals surface area contributed by atoms with Crippen molar-refractivity contribution in [2.45, 2.75) is 6.54 Å². The van der Waals surface area contributed by atoms with Gasteiger partial charge in [0.25, 0.3) is 0 Å². The number of nitrogens with zero attached hydrogens (tertiary/aromatic N) is 2. The molecule has 24 heavy (non-hydrogen) atoms. The molecule has 1 aliphatic rings. The standard InChI is InChI=1S/C17H19Cl2N3O2/c18-13-3-4-15(19)16(10-13)20-17(23)12-22-7-5-21(6-8-22)11-14-2-1-9-24-14/h1-4,9-10H,5-8,11-12H2,(H,20,23). The molecular formula is C17H19Cl2N3O2. The van der Waals surface area contributed by atoms with Gasteiger partial charge in [-0.25, -0.2) is 0 Å². The van der Waals surface area contributed by atoms with Crippen LogP contribution < -0.4 is 5.32 Å². The number of furan rings is 1. The largest absolute Gasteiger partial charge is 0.468 e. The number of anilines is 1. The van der Waals surface area contributed by atoms with Gasteiger partial charge in [-0.05, 0) is 30.3 Å². The lowest BCUT2D eigenvalue weighted by atomic mass is 10.3. The summed E-state index contributed by atoms with van der Waals surface area (Å²) in [7, 11) is 0. The molecule has 2 heterocycles. The third-order valence-electron chi connectivity index (χ3n) is 3.99. The van der Waals surface area contributed by atoms with Crippen molar-refractivity contribution < 1.29 is 9.21 Å². The molecule has 0 aliphatic carbocycles. The second-order valence-corrected chi connectivity index (χ2v) is 6.65. The number of hydrogen-bond donors (Lipinski definition) is 1. The van der Waals surface area contributed by atoms with Crippen LogP contribution in [0.5, 0.6) is 0 Å². The van der Waals surface area contributed by atoms with Gasteiger partial charge in [0.05, 0.1) is 30.1 Å². The number of carbonyl (C=O) groups excluding carboxylic acids is 1. The summed E-state index contributed by atoms with van der Waals surface area (Å²) >= 11 is 12.0. The molecule has 1 amide bonds. The molecule has 1 N–H and O–H groups in total. The van der Waals surface area contributed by atoms with Crippen LogP contribution in [-0.4, -0.2) is 48.4 Å². The zero-order valence-electron chi connectivity index (χ0n) is 13.2. The molecule has 1 aliphatic heterocycles. The summed E-state index contributed by atoms with van der Waals surface area (Å²) in [5.74, 6) is 0.885. The molecule has 1 aromatic carbocycles. The van der Waals surface area contributed by atoms with Crippen molar-refractivity contribution in [3.05, 3.63) is 52.4 Å². The minimum atomic E-state index is -0.0846. The third-order valence-corrected chi connectivity index (χ3v) is 4.56. The number of nitrogens with one attached hydrogen (secondary N) is 1. The lowest BCUT2D eigenvalue weighted by Gasteiger charge is -2.33. The number of amides is 1. The van der Waals surface area contributed by atoms with Crippen molar-refractivity contribution in [1.29, 1.82) is 0 Å². The molecule has 1 fully saturated rings. The maximum absolute atomic E-state index is 12.2. The summed E-state index contributed by atoms with van der Waals surface area (Å²) in [6, 6.07) is 8.90. The first-order valence-corrected chi connectivity index (χ1v) is 8.58. The Hall–Kier alpha value is -1.53. The van der Waals surface area contributed by atoms with Gasteiger partial charge in [0, 0.05) is 31.2 Å². The van der Waals surface area contributed by atoms with Gasteiger partial charge in [0.2, 0.25) is 5.91 Å². The molecule has 1 aromatic heterocycles. The van der Waals surface area contributed by atoms with E-state index in [-0.39, 0.29) is 5.91 Å². The van der Waals surface area contributed by atoms with Gasteiger partial charge in [-0.3, -0.25) is 14.6 Å². The summed E-state index contributed by atoms with van der Waals surface area (Å²) in [5.41, 5.74) is 0.547. The molecule has 0 radical (unpaired) electrons. The Balaban J connectivity index is 1.45. The summed E-state index contributed by atoms with van der Waals surface area (Å²) in [6.07, 6.45) is 1.69. The monoisotopic (exact) mass is 367 g/mol. The Labute approximate surface area is 151 Å². The lowest BCUT2D eigenvalue weighted by molar-refractivity contribution is -0.117. The smallest absolute Gasteiger partial charge is 0.238 e. The second kappa shape index (κ2) is 8.03. The molecule has 0 saturated carbocycles. The maximum atomic E-state index is 12.2. The molecule has 0 bridgehead atoms. The highest BCUT2D eigenvalue weighted by atomic mass is 35.5. The SMILES string of the molecule is O=C(CN1CCN(Cc2ccco2)CC1)Nc1cc(Cl)ccc1Cl. The quantitative estimate of drug-likeness (QED) is 0.880. The van der Waals surface area contributed by atoms with Crippen LogP contribution in [0.15, 0.2) is 41.0 Å². The van der Waals surface area contributed by atoms with Crippen LogP contribution in [0.25, 0.3) is 0 Å². The van der Waals surface area contributed by atoms with E-state index in [1.165, 1.54) is 0 Å². The predicted octanol–water partition coefficient (Wildman–Crippen LogP) is 3.34. The highest BCUT2D eigenvalue weighted by Crippen LogP contribution is 2.25. The second-order valence-electron chi connectivity index (χ2n) is 5.80. The maximum Gasteiger partial charge on any atom is 0.238 e. The van der Waals surface area contributed by atoms with Crippen molar-refractivity contribution in [3.63, 3.8) is 0 Å². The van der Waals surface area contributed by atoms with E-state index in [1.807, 2.05) is 12.1 Å². The molecule has 1 saturated heterocycles. The minimum absolute atomic E-state index is 0.0846. The Kier molecular flexibility index (Phi) is 5.79. The number of halogens is 2. The van der Waals surface area contributed by atoms with Crippen molar-refractivity contribution in [1.82, 2.24) is 9.80 Å². The molecule has 0 unspecified atom stereocenters. The first kappa shape index (κ1) is 17.3. The van der Waals surface area contributed by atoms with Crippen molar-refractivity contribution in [3.8, 4) is 0 Å². The number of carbonyl (C=O) groups is 1. The summed E-state index contributed by atoms with van der Waals surface area (Å²) in [5, 5.41) is 3.85. The Bertz CT molecular complexity index is 683. The predicted molar refractivity (Wildman–Crippen MR) is 95.5 cm³/mol. The third kappa shape index (κ3) is 4.74. The Morgan fingerprint density at radius 3 is 2.58 bits per heavy atom. The van der Waals surface area contributed by atoms with E-state index in [0.29, 0.717) is 22.3 Å². The van der Waals surface area contributed by atoms with E-state index in [0.717, 1.165) is 38.5 Å². The van der Waals surface area contributed by atoms with Crippen LogP contribution in [0.4, 0.5) is 5.69 Å². The van der Waals surface area contributed by atoms with E-state index in [1.54, 1.807) is 24.5 Å². The highest BCUT2D eigenvalue weighted by molar-refractivity contribution is 6.35. The van der Waals surface area contributed by atoms with E-state index < -0.39 is 0 Å². The zero-order valence-corrected chi connectivity index (χ0v) is 14.7. The zero-order chi connectivity index (χ0) is 16.9. The lowest BCUT2D eigenvalue weighted by Crippen LogP contribution is -2.48. The van der Waals surface area contributed by atoms with E-state index in [4.69, 9.17) is 27.6 Å². The van der Waals surface area contributed by atoms with E-state index >= 15 is 0 Å². The fourth-order valence-electron chi connectivity index (χ4n) is 2.71. The van der Waals surface area contributed by atoms with E-state index in [9.17, 15) is 4.79 Å². The van der Waals surface area contributed by atoms with Gasteiger partial charge in [0.1, 0.15) is 5.76 Å². The number of rotatable bonds is 5. The van der Waals surface area contributed by atoms with Crippen molar-refractivity contribution >= 4 is 34.8 Å². The molecule has 7 heteroatoms. The van der Waals surface area contributed by atoms with Gasteiger partial charge in [-0.1, -0.05) is 23.2 Å². The first-order valence-electron chi connectivity index (χ1n) is 7.82. The Morgan fingerprint density at radius 1 is 1.12 bits per heavy atom.